The molecule has 0 rings (SSSR count). The van der Waals surface area contributed by atoms with Crippen molar-refractivity contribution >= 4 is 0 Å². The van der Waals surface area contributed by atoms with Crippen molar-refractivity contribution in [3.8, 4) is 0 Å². The van der Waals surface area contributed by atoms with Crippen molar-refractivity contribution in [3.05, 3.63) is 11.5 Å². The molecule has 0 saturated carbocycles. The Balaban J connectivity index is -0.000000180. The summed E-state index contributed by atoms with van der Waals surface area (Å²) in [4.78, 5) is 0. The molecule has 0 unspecified atom stereocenters. The van der Waals surface area contributed by atoms with E-state index < -0.39 is 0 Å². The maximum Gasteiger partial charge on any atom is 0 e. The maximum absolute atomic E-state index is 5.13. The minimum Gasteiger partial charge on any atom is -0.693 e. The second-order valence-corrected chi connectivity index (χ2v) is 1.25. The predicted molar refractivity (Wildman–Crippen MR) is 36.5 cm³/mol. The fraction of sp³-hybridized carbons (Fsp3) is 1.00. The monoisotopic (exact) mass is 311 g/mol. The SMILES string of the molecule is NCC[N-]CCN.[Ir].[NH2-]. The zero-order valence-electron chi connectivity index (χ0n) is 5.34. The minimum atomic E-state index is 0. The Morgan fingerprint density at radius 1 is 1.00 bits per heavy atom. The standard InChI is InChI=1S/C4H12N3.Ir.H2N/c5-1-3-7-4-2-6;;/h1-6H2;;1H2/q-1;;-1. The summed E-state index contributed by atoms with van der Waals surface area (Å²) in [6.07, 6.45) is 0. The number of nitrogens with zero attached hydrogens (tertiary/aromatic N) is 1. The molecule has 0 aliphatic carbocycles. The molecule has 0 aromatic carbocycles. The van der Waals surface area contributed by atoms with E-state index in [1.807, 2.05) is 0 Å². The van der Waals surface area contributed by atoms with Crippen molar-refractivity contribution in [3.63, 3.8) is 0 Å². The van der Waals surface area contributed by atoms with Gasteiger partial charge in [-0.15, -0.1) is 13.1 Å². The van der Waals surface area contributed by atoms with E-state index in [-0.39, 0.29) is 26.3 Å². The molecule has 0 saturated heterocycles. The van der Waals surface area contributed by atoms with Gasteiger partial charge in [0.25, 0.3) is 0 Å². The molecule has 61 valence electrons. The third-order valence-corrected chi connectivity index (χ3v) is 0.574. The molecule has 0 aliphatic heterocycles. The predicted octanol–water partition coefficient (Wildman–Crippen LogP) is -0.00790. The second-order valence-electron chi connectivity index (χ2n) is 1.25. The van der Waals surface area contributed by atoms with Crippen LogP contribution < -0.4 is 11.5 Å². The largest absolute Gasteiger partial charge is 0.693 e. The van der Waals surface area contributed by atoms with E-state index in [0.717, 1.165) is 13.1 Å². The van der Waals surface area contributed by atoms with Gasteiger partial charge in [0.2, 0.25) is 0 Å². The van der Waals surface area contributed by atoms with Crippen LogP contribution in [0.2, 0.25) is 0 Å². The first kappa shape index (κ1) is 16.2. The van der Waals surface area contributed by atoms with Gasteiger partial charge in [0.05, 0.1) is 0 Å². The molecule has 0 aliphatic rings. The summed E-state index contributed by atoms with van der Waals surface area (Å²) in [6, 6.07) is 0. The fourth-order valence-electron chi connectivity index (χ4n) is 0.294. The van der Waals surface area contributed by atoms with Gasteiger partial charge in [0.15, 0.2) is 0 Å². The zero-order chi connectivity index (χ0) is 5.54. The fourth-order valence-corrected chi connectivity index (χ4v) is 0.294. The van der Waals surface area contributed by atoms with Crippen molar-refractivity contribution in [2.75, 3.05) is 26.2 Å². The van der Waals surface area contributed by atoms with E-state index in [1.54, 1.807) is 0 Å². The van der Waals surface area contributed by atoms with Crippen molar-refractivity contribution in [2.24, 2.45) is 11.5 Å². The van der Waals surface area contributed by atoms with Gasteiger partial charge in [-0.3, -0.25) is 0 Å². The molecule has 0 fully saturated rings. The van der Waals surface area contributed by atoms with Gasteiger partial charge in [-0.05, 0) is 13.1 Å². The molecule has 0 aromatic heterocycles. The van der Waals surface area contributed by atoms with Crippen LogP contribution >= 0.6 is 0 Å². The van der Waals surface area contributed by atoms with Crippen LogP contribution in [0.1, 0.15) is 0 Å². The molecule has 1 radical (unpaired) electrons. The molecular weight excluding hydrogens is 296 g/mol. The molecule has 0 atom stereocenters. The molecule has 0 amide bonds. The van der Waals surface area contributed by atoms with Crippen LogP contribution in [0.5, 0.6) is 0 Å². The molecule has 4 nitrogen and oxygen atoms in total. The van der Waals surface area contributed by atoms with Gasteiger partial charge >= 0.3 is 0 Å². The summed E-state index contributed by atoms with van der Waals surface area (Å²) >= 11 is 0. The summed E-state index contributed by atoms with van der Waals surface area (Å²) in [7, 11) is 0. The first-order valence-corrected chi connectivity index (χ1v) is 2.45. The van der Waals surface area contributed by atoms with E-state index in [2.05, 4.69) is 5.32 Å². The Morgan fingerprint density at radius 3 is 1.56 bits per heavy atom. The summed E-state index contributed by atoms with van der Waals surface area (Å²) in [5.74, 6) is 0. The molecule has 9 heavy (non-hydrogen) atoms. The smallest absolute Gasteiger partial charge is 0 e. The third kappa shape index (κ3) is 17.7. The minimum absolute atomic E-state index is 0. The van der Waals surface area contributed by atoms with E-state index in [4.69, 9.17) is 11.5 Å². The molecule has 0 spiro atoms. The van der Waals surface area contributed by atoms with Crippen LogP contribution in [0.25, 0.3) is 11.5 Å². The Hall–Kier alpha value is 0.489. The summed E-state index contributed by atoms with van der Waals surface area (Å²) in [5.41, 5.74) is 10.3. The van der Waals surface area contributed by atoms with Gasteiger partial charge in [0, 0.05) is 20.1 Å². The van der Waals surface area contributed by atoms with Crippen molar-refractivity contribution < 1.29 is 20.1 Å². The van der Waals surface area contributed by atoms with Gasteiger partial charge in [-0.25, -0.2) is 0 Å². The van der Waals surface area contributed by atoms with Gasteiger partial charge in [-0.1, -0.05) is 0 Å². The van der Waals surface area contributed by atoms with Gasteiger partial charge in [0.1, 0.15) is 0 Å². The molecule has 0 heterocycles. The van der Waals surface area contributed by atoms with Crippen LogP contribution in [0.15, 0.2) is 0 Å². The van der Waals surface area contributed by atoms with Crippen molar-refractivity contribution in [2.45, 2.75) is 0 Å². The normalized spacial score (nSPS) is 7.33. The van der Waals surface area contributed by atoms with Crippen LogP contribution in [-0.4, -0.2) is 26.2 Å². The number of rotatable bonds is 4. The van der Waals surface area contributed by atoms with Gasteiger partial charge < -0.3 is 22.9 Å². The zero-order valence-corrected chi connectivity index (χ0v) is 7.74. The Kier molecular flexibility index (Phi) is 28.5. The average molecular weight is 310 g/mol. The molecular formula is C4H14IrN4-2. The topological polar surface area (TPSA) is 99.6 Å². The molecule has 6 N–H and O–H groups in total. The molecule has 0 aromatic rings. The van der Waals surface area contributed by atoms with Crippen LogP contribution in [0.3, 0.4) is 0 Å². The van der Waals surface area contributed by atoms with E-state index in [0.29, 0.717) is 13.1 Å². The Bertz CT molecular complexity index is 31.7. The van der Waals surface area contributed by atoms with E-state index in [1.165, 1.54) is 0 Å². The van der Waals surface area contributed by atoms with E-state index in [9.17, 15) is 0 Å². The third-order valence-electron chi connectivity index (χ3n) is 0.574. The van der Waals surface area contributed by atoms with Crippen LogP contribution in [-0.2, 0) is 20.1 Å². The molecule has 5 heteroatoms. The quantitative estimate of drug-likeness (QED) is 0.714. The summed E-state index contributed by atoms with van der Waals surface area (Å²) < 4.78 is 0. The first-order valence-electron chi connectivity index (χ1n) is 2.45. The Labute approximate surface area is 69.7 Å². The summed E-state index contributed by atoms with van der Waals surface area (Å²) in [6.45, 7) is 2.77. The Morgan fingerprint density at radius 2 is 1.33 bits per heavy atom. The second kappa shape index (κ2) is 15.8. The van der Waals surface area contributed by atoms with E-state index >= 15 is 0 Å². The van der Waals surface area contributed by atoms with Gasteiger partial charge in [-0.2, -0.15) is 0 Å². The first-order chi connectivity index (χ1) is 3.41. The number of hydrogen-bond donors (Lipinski definition) is 2. The average Bonchev–Trinajstić information content (AvgIpc) is 1.69. The van der Waals surface area contributed by atoms with Crippen LogP contribution in [0, 0.1) is 0 Å². The molecule has 0 bridgehead atoms. The van der Waals surface area contributed by atoms with Crippen molar-refractivity contribution in [1.82, 2.24) is 0 Å². The van der Waals surface area contributed by atoms with Crippen LogP contribution in [0.4, 0.5) is 0 Å². The number of hydrogen-bond acceptors (Lipinski definition) is 2. The van der Waals surface area contributed by atoms with Crippen molar-refractivity contribution in [1.29, 1.82) is 0 Å². The maximum atomic E-state index is 5.13. The number of nitrogens with two attached hydrogens (primary N) is 3. The summed E-state index contributed by atoms with van der Waals surface area (Å²) in [5, 5.41) is 3.96.